The molecule has 0 bridgehead atoms. The Labute approximate surface area is 161 Å². The summed E-state index contributed by atoms with van der Waals surface area (Å²) in [7, 11) is 0. The number of rotatable bonds is 5. The van der Waals surface area contributed by atoms with Crippen LogP contribution in [-0.2, 0) is 6.67 Å². The molecule has 0 fully saturated rings. The molecule has 28 heavy (non-hydrogen) atoms. The van der Waals surface area contributed by atoms with E-state index in [1.807, 2.05) is 62.4 Å². The minimum atomic E-state index is -0.257. The van der Waals surface area contributed by atoms with E-state index in [9.17, 15) is 4.79 Å². The van der Waals surface area contributed by atoms with Crippen LogP contribution >= 0.6 is 0 Å². The molecule has 0 unspecified atom stereocenters. The average molecular weight is 373 g/mol. The van der Waals surface area contributed by atoms with Gasteiger partial charge in [-0.3, -0.25) is 4.79 Å². The summed E-state index contributed by atoms with van der Waals surface area (Å²) >= 11 is 0. The number of benzene rings is 2. The van der Waals surface area contributed by atoms with Gasteiger partial charge in [0.25, 0.3) is 5.91 Å². The van der Waals surface area contributed by atoms with Gasteiger partial charge >= 0.3 is 0 Å². The van der Waals surface area contributed by atoms with E-state index in [0.29, 0.717) is 11.5 Å². The predicted molar refractivity (Wildman–Crippen MR) is 105 cm³/mol. The zero-order chi connectivity index (χ0) is 19.5. The Morgan fingerprint density at radius 2 is 1.71 bits per heavy atom. The molecule has 2 heterocycles. The highest BCUT2D eigenvalue weighted by atomic mass is 16.2. The molecule has 8 heteroatoms. The summed E-state index contributed by atoms with van der Waals surface area (Å²) in [6, 6.07) is 17.2. The van der Waals surface area contributed by atoms with Gasteiger partial charge < -0.3 is 5.32 Å². The Morgan fingerprint density at radius 1 is 0.964 bits per heavy atom. The molecule has 0 aliphatic carbocycles. The number of aryl methyl sites for hydroxylation is 2. The normalized spacial score (nSPS) is 10.8. The van der Waals surface area contributed by atoms with E-state index in [4.69, 9.17) is 0 Å². The van der Waals surface area contributed by atoms with E-state index in [-0.39, 0.29) is 12.6 Å². The molecule has 2 aromatic heterocycles. The Morgan fingerprint density at radius 3 is 2.46 bits per heavy atom. The highest BCUT2D eigenvalue weighted by molar-refractivity contribution is 6.03. The minimum Gasteiger partial charge on any atom is -0.320 e. The Bertz CT molecular complexity index is 1090. The van der Waals surface area contributed by atoms with Crippen molar-refractivity contribution in [2.75, 3.05) is 5.32 Å². The Kier molecular flexibility index (Phi) is 4.67. The first-order chi connectivity index (χ1) is 13.6. The van der Waals surface area contributed by atoms with E-state index in [1.165, 1.54) is 4.80 Å². The fourth-order valence-corrected chi connectivity index (χ4v) is 2.89. The van der Waals surface area contributed by atoms with Crippen molar-refractivity contribution in [1.82, 2.24) is 30.0 Å². The maximum Gasteiger partial charge on any atom is 0.276 e. The summed E-state index contributed by atoms with van der Waals surface area (Å²) in [4.78, 5) is 14.0. The number of para-hydroxylation sites is 1. The highest BCUT2D eigenvalue weighted by Gasteiger charge is 2.13. The van der Waals surface area contributed by atoms with Crippen molar-refractivity contribution in [2.24, 2.45) is 0 Å². The number of anilines is 1. The van der Waals surface area contributed by atoms with Crippen LogP contribution in [0.3, 0.4) is 0 Å². The molecule has 1 amide bonds. The number of aromatic nitrogens is 6. The largest absolute Gasteiger partial charge is 0.320 e. The molecule has 140 valence electrons. The van der Waals surface area contributed by atoms with Crippen LogP contribution in [0.25, 0.3) is 11.4 Å². The lowest BCUT2D eigenvalue weighted by Gasteiger charge is -2.10. The number of nitrogens with one attached hydrogen (secondary N) is 1. The van der Waals surface area contributed by atoms with Gasteiger partial charge in [-0.2, -0.15) is 5.10 Å². The summed E-state index contributed by atoms with van der Waals surface area (Å²) in [6.07, 6.45) is 1.71. The Hall–Kier alpha value is -3.81. The number of hydrogen-bond donors (Lipinski definition) is 1. The third-order valence-electron chi connectivity index (χ3n) is 4.35. The van der Waals surface area contributed by atoms with Gasteiger partial charge in [0.1, 0.15) is 0 Å². The third-order valence-corrected chi connectivity index (χ3v) is 4.35. The van der Waals surface area contributed by atoms with Gasteiger partial charge in [-0.05, 0) is 36.3 Å². The van der Waals surface area contributed by atoms with Gasteiger partial charge in [0.2, 0.25) is 5.82 Å². The van der Waals surface area contributed by atoms with Gasteiger partial charge in [0, 0.05) is 17.4 Å². The molecule has 0 saturated heterocycles. The molecule has 0 aliphatic heterocycles. The van der Waals surface area contributed by atoms with Crippen molar-refractivity contribution in [3.63, 3.8) is 0 Å². The maximum atomic E-state index is 12.5. The van der Waals surface area contributed by atoms with E-state index >= 15 is 0 Å². The highest BCUT2D eigenvalue weighted by Crippen LogP contribution is 2.20. The number of carbonyl (C=O) groups excluding carboxylic acids is 1. The van der Waals surface area contributed by atoms with Gasteiger partial charge in [0.05, 0.1) is 0 Å². The lowest BCUT2D eigenvalue weighted by atomic mass is 10.1. The van der Waals surface area contributed by atoms with Gasteiger partial charge in [-0.1, -0.05) is 48.5 Å². The maximum absolute atomic E-state index is 12.5. The average Bonchev–Trinajstić information content (AvgIpc) is 3.36. The van der Waals surface area contributed by atoms with Crippen LogP contribution in [0.1, 0.15) is 21.6 Å². The second-order valence-electron chi connectivity index (χ2n) is 6.45. The molecule has 2 aromatic carbocycles. The molecule has 0 aliphatic rings. The van der Waals surface area contributed by atoms with Crippen LogP contribution in [0.15, 0.2) is 60.8 Å². The van der Waals surface area contributed by atoms with Crippen molar-refractivity contribution < 1.29 is 4.79 Å². The minimum absolute atomic E-state index is 0.257. The number of nitrogens with zero attached hydrogens (tertiary/aromatic N) is 6. The van der Waals surface area contributed by atoms with Gasteiger partial charge in [-0.25, -0.2) is 4.68 Å². The predicted octanol–water partition coefficient (Wildman–Crippen LogP) is 2.91. The smallest absolute Gasteiger partial charge is 0.276 e. The van der Waals surface area contributed by atoms with Gasteiger partial charge in [-0.15, -0.1) is 15.0 Å². The quantitative estimate of drug-likeness (QED) is 0.581. The molecule has 8 nitrogen and oxygen atoms in total. The molecule has 1 N–H and O–H groups in total. The van der Waals surface area contributed by atoms with Crippen molar-refractivity contribution in [3.05, 3.63) is 77.6 Å². The standard InChI is InChI=1S/C20H19N7O/c1-14-7-6-8-15(2)18(14)21-20(28)17-11-12-26(23-17)13-27-24-19(22-25-27)16-9-4-3-5-10-16/h3-12H,13H2,1-2H3,(H,21,28). The summed E-state index contributed by atoms with van der Waals surface area (Å²) < 4.78 is 1.59. The van der Waals surface area contributed by atoms with Crippen molar-refractivity contribution in [2.45, 2.75) is 20.5 Å². The fraction of sp³-hybridized carbons (Fsp3) is 0.150. The molecular weight excluding hydrogens is 354 g/mol. The molecule has 4 rings (SSSR count). The third kappa shape index (κ3) is 3.66. The number of hydrogen-bond acceptors (Lipinski definition) is 5. The summed E-state index contributed by atoms with van der Waals surface area (Å²) in [6.45, 7) is 4.18. The zero-order valence-electron chi connectivity index (χ0n) is 15.6. The summed E-state index contributed by atoms with van der Waals surface area (Å²) in [5.74, 6) is 0.286. The Balaban J connectivity index is 1.46. The second kappa shape index (κ2) is 7.43. The number of tetrazole rings is 1. The van der Waals surface area contributed by atoms with E-state index in [1.54, 1.807) is 16.9 Å². The SMILES string of the molecule is Cc1cccc(C)c1NC(=O)c1ccn(Cn2nnc(-c3ccccc3)n2)n1. The summed E-state index contributed by atoms with van der Waals surface area (Å²) in [5.41, 5.74) is 4.04. The second-order valence-corrected chi connectivity index (χ2v) is 6.45. The first-order valence-corrected chi connectivity index (χ1v) is 8.84. The monoisotopic (exact) mass is 373 g/mol. The first kappa shape index (κ1) is 17.6. The molecule has 0 radical (unpaired) electrons. The summed E-state index contributed by atoms with van der Waals surface area (Å²) in [5, 5.41) is 19.7. The van der Waals surface area contributed by atoms with E-state index in [2.05, 4.69) is 25.8 Å². The molecular formula is C20H19N7O. The molecule has 0 saturated carbocycles. The van der Waals surface area contributed by atoms with E-state index in [0.717, 1.165) is 22.4 Å². The van der Waals surface area contributed by atoms with Gasteiger partial charge in [0.15, 0.2) is 12.4 Å². The van der Waals surface area contributed by atoms with Crippen LogP contribution in [-0.4, -0.2) is 35.9 Å². The van der Waals surface area contributed by atoms with Crippen LogP contribution < -0.4 is 5.32 Å². The lowest BCUT2D eigenvalue weighted by Crippen LogP contribution is -2.16. The van der Waals surface area contributed by atoms with E-state index < -0.39 is 0 Å². The fourth-order valence-electron chi connectivity index (χ4n) is 2.89. The topological polar surface area (TPSA) is 90.5 Å². The van der Waals surface area contributed by atoms with Crippen LogP contribution in [0.2, 0.25) is 0 Å². The van der Waals surface area contributed by atoms with Crippen molar-refractivity contribution in [3.8, 4) is 11.4 Å². The molecule has 4 aromatic rings. The molecule has 0 atom stereocenters. The number of amides is 1. The van der Waals surface area contributed by atoms with Crippen LogP contribution in [0, 0.1) is 13.8 Å². The number of carbonyl (C=O) groups is 1. The van der Waals surface area contributed by atoms with Crippen molar-refractivity contribution >= 4 is 11.6 Å². The van der Waals surface area contributed by atoms with Crippen LogP contribution in [0.5, 0.6) is 0 Å². The zero-order valence-corrected chi connectivity index (χ0v) is 15.6. The van der Waals surface area contributed by atoms with Crippen LogP contribution in [0.4, 0.5) is 5.69 Å². The molecule has 0 spiro atoms. The van der Waals surface area contributed by atoms with Crippen molar-refractivity contribution in [1.29, 1.82) is 0 Å². The lowest BCUT2D eigenvalue weighted by molar-refractivity contribution is 0.102. The first-order valence-electron chi connectivity index (χ1n) is 8.84.